The zero-order valence-corrected chi connectivity index (χ0v) is 9.72. The Bertz CT molecular complexity index is 197. The summed E-state index contributed by atoms with van der Waals surface area (Å²) in [5.41, 5.74) is 0. The topological polar surface area (TPSA) is 0 Å². The van der Waals surface area contributed by atoms with Crippen molar-refractivity contribution in [2.75, 3.05) is 0 Å². The molecule has 4 unspecified atom stereocenters. The van der Waals surface area contributed by atoms with Crippen LogP contribution in [-0.4, -0.2) is 3.42 Å². The van der Waals surface area contributed by atoms with E-state index in [0.717, 1.165) is 21.2 Å². The highest BCUT2D eigenvalue weighted by molar-refractivity contribution is 14.1. The Morgan fingerprint density at radius 1 is 1.00 bits per heavy atom. The molecule has 0 heterocycles. The molecule has 3 rings (SSSR count). The molecule has 0 aliphatic heterocycles. The highest BCUT2D eigenvalue weighted by Gasteiger charge is 2.47. The third kappa shape index (κ3) is 1.15. The van der Waals surface area contributed by atoms with Crippen molar-refractivity contribution in [3.8, 4) is 0 Å². The predicted octanol–water partition coefficient (Wildman–Crippen LogP) is 3.78. The first-order valence-corrected chi connectivity index (χ1v) is 6.52. The molecule has 0 nitrogen and oxygen atoms in total. The van der Waals surface area contributed by atoms with Gasteiger partial charge in [0.15, 0.2) is 0 Å². The average molecular weight is 276 g/mol. The molecule has 0 spiro atoms. The van der Waals surface area contributed by atoms with E-state index in [2.05, 4.69) is 22.6 Å². The summed E-state index contributed by atoms with van der Waals surface area (Å²) in [5.74, 6) is 3.41. The van der Waals surface area contributed by atoms with Crippen molar-refractivity contribution in [3.63, 3.8) is 0 Å². The lowest BCUT2D eigenvalue weighted by atomic mass is 9.58. The van der Waals surface area contributed by atoms with Crippen molar-refractivity contribution in [1.29, 1.82) is 0 Å². The molecule has 3 fully saturated rings. The third-order valence-corrected chi connectivity index (χ3v) is 5.91. The van der Waals surface area contributed by atoms with Gasteiger partial charge in [0.05, 0.1) is 0 Å². The monoisotopic (exact) mass is 276 g/mol. The second-order valence-electron chi connectivity index (χ2n) is 5.30. The summed E-state index contributed by atoms with van der Waals surface area (Å²) in [4.78, 5) is 0. The van der Waals surface area contributed by atoms with E-state index in [9.17, 15) is 0 Å². The van der Waals surface area contributed by atoms with Crippen LogP contribution in [0.15, 0.2) is 0 Å². The van der Waals surface area contributed by atoms with Gasteiger partial charge in [-0.05, 0) is 56.3 Å². The minimum absolute atomic E-state index is 0.752. The number of rotatable bonds is 0. The van der Waals surface area contributed by atoms with Crippen LogP contribution in [0.5, 0.6) is 0 Å². The second kappa shape index (κ2) is 2.61. The lowest BCUT2D eigenvalue weighted by Crippen LogP contribution is -2.44. The van der Waals surface area contributed by atoms with E-state index in [0.29, 0.717) is 0 Å². The minimum atomic E-state index is 0.752. The number of halogens is 1. The Morgan fingerprint density at radius 3 is 2.83 bits per heavy atom. The maximum absolute atomic E-state index is 2.78. The standard InChI is InChI=1S/C11H17I/c12-11-4-3-9-2-1-8(6-11)5-10(9)7-11/h8-10H,1-7H2. The maximum Gasteiger partial charge on any atom is 0.0228 e. The van der Waals surface area contributed by atoms with Gasteiger partial charge < -0.3 is 0 Å². The lowest BCUT2D eigenvalue weighted by molar-refractivity contribution is 0.0544. The Hall–Kier alpha value is 0.730. The largest absolute Gasteiger partial charge is 0.0789 e. The van der Waals surface area contributed by atoms with E-state index in [1.807, 2.05) is 0 Å². The van der Waals surface area contributed by atoms with Crippen LogP contribution in [0.25, 0.3) is 0 Å². The molecule has 3 saturated carbocycles. The first-order valence-electron chi connectivity index (χ1n) is 5.44. The van der Waals surface area contributed by atoms with Gasteiger partial charge in [0.1, 0.15) is 0 Å². The highest BCUT2D eigenvalue weighted by Crippen LogP contribution is 2.57. The summed E-state index contributed by atoms with van der Waals surface area (Å²) in [6, 6.07) is 0. The molecule has 68 valence electrons. The molecule has 4 atom stereocenters. The van der Waals surface area contributed by atoms with Gasteiger partial charge in [0.25, 0.3) is 0 Å². The Morgan fingerprint density at radius 2 is 1.92 bits per heavy atom. The minimum Gasteiger partial charge on any atom is -0.0789 e. The van der Waals surface area contributed by atoms with Gasteiger partial charge in [-0.1, -0.05) is 29.0 Å². The molecule has 0 radical (unpaired) electrons. The second-order valence-corrected chi connectivity index (χ2v) is 7.59. The Kier molecular flexibility index (Phi) is 1.76. The van der Waals surface area contributed by atoms with Gasteiger partial charge in [-0.2, -0.15) is 0 Å². The van der Waals surface area contributed by atoms with E-state index < -0.39 is 0 Å². The number of hydrogen-bond donors (Lipinski definition) is 0. The first kappa shape index (κ1) is 8.07. The normalized spacial score (nSPS) is 57.2. The van der Waals surface area contributed by atoms with Crippen LogP contribution in [0.1, 0.15) is 44.9 Å². The van der Waals surface area contributed by atoms with Gasteiger partial charge in [-0.15, -0.1) is 0 Å². The van der Waals surface area contributed by atoms with E-state index in [1.165, 1.54) is 6.42 Å². The zero-order chi connectivity index (χ0) is 8.18. The van der Waals surface area contributed by atoms with Crippen molar-refractivity contribution < 1.29 is 0 Å². The van der Waals surface area contributed by atoms with E-state index in [4.69, 9.17) is 0 Å². The molecule has 12 heavy (non-hydrogen) atoms. The van der Waals surface area contributed by atoms with Crippen molar-refractivity contribution in [3.05, 3.63) is 0 Å². The van der Waals surface area contributed by atoms with Gasteiger partial charge in [0, 0.05) is 3.42 Å². The lowest BCUT2D eigenvalue weighted by Gasteiger charge is -2.52. The van der Waals surface area contributed by atoms with Crippen molar-refractivity contribution in [2.45, 2.75) is 48.4 Å². The van der Waals surface area contributed by atoms with Crippen LogP contribution < -0.4 is 0 Å². The number of hydrogen-bond acceptors (Lipinski definition) is 0. The van der Waals surface area contributed by atoms with Crippen LogP contribution in [0.4, 0.5) is 0 Å². The average Bonchev–Trinajstić information content (AvgIpc) is 2.00. The molecule has 0 aromatic carbocycles. The van der Waals surface area contributed by atoms with Gasteiger partial charge >= 0.3 is 0 Å². The zero-order valence-electron chi connectivity index (χ0n) is 7.56. The maximum atomic E-state index is 2.78. The molecule has 3 aliphatic carbocycles. The molecule has 0 saturated heterocycles. The SMILES string of the molecule is IC12CCC3CCC(CC3C1)C2. The molecule has 0 aromatic rings. The van der Waals surface area contributed by atoms with Gasteiger partial charge in [-0.3, -0.25) is 0 Å². The van der Waals surface area contributed by atoms with Crippen molar-refractivity contribution in [1.82, 2.24) is 0 Å². The van der Waals surface area contributed by atoms with Crippen LogP contribution >= 0.6 is 22.6 Å². The molecule has 0 amide bonds. The van der Waals surface area contributed by atoms with Crippen LogP contribution in [0.3, 0.4) is 0 Å². The van der Waals surface area contributed by atoms with Crippen LogP contribution in [-0.2, 0) is 0 Å². The van der Waals surface area contributed by atoms with Crippen LogP contribution in [0, 0.1) is 17.8 Å². The molecule has 3 aliphatic rings. The van der Waals surface area contributed by atoms with E-state index in [1.54, 1.807) is 38.5 Å². The predicted molar refractivity (Wildman–Crippen MR) is 59.5 cm³/mol. The van der Waals surface area contributed by atoms with Crippen molar-refractivity contribution in [2.24, 2.45) is 17.8 Å². The molecular formula is C11H17I. The quantitative estimate of drug-likeness (QED) is 0.466. The van der Waals surface area contributed by atoms with E-state index in [-0.39, 0.29) is 0 Å². The Balaban J connectivity index is 1.91. The Labute approximate surface area is 88.6 Å². The van der Waals surface area contributed by atoms with Crippen LogP contribution in [0.2, 0.25) is 0 Å². The summed E-state index contributed by atoms with van der Waals surface area (Å²) < 4.78 is 0.752. The highest BCUT2D eigenvalue weighted by atomic mass is 127. The molecule has 1 heteroatoms. The number of fused-ring (bicyclic) bond motifs is 2. The fourth-order valence-corrected chi connectivity index (χ4v) is 5.46. The summed E-state index contributed by atoms with van der Waals surface area (Å²) in [6.07, 6.45) is 10.9. The summed E-state index contributed by atoms with van der Waals surface area (Å²) in [7, 11) is 0. The fraction of sp³-hybridized carbons (Fsp3) is 1.00. The van der Waals surface area contributed by atoms with Gasteiger partial charge in [-0.25, -0.2) is 0 Å². The third-order valence-electron chi connectivity index (χ3n) is 4.49. The summed E-state index contributed by atoms with van der Waals surface area (Å²) in [5, 5.41) is 0. The molecule has 0 N–H and O–H groups in total. The first-order chi connectivity index (χ1) is 5.75. The molecule has 0 aromatic heterocycles. The molecule has 3 bridgehead atoms. The number of alkyl halides is 1. The smallest absolute Gasteiger partial charge is 0.0228 e. The van der Waals surface area contributed by atoms with E-state index >= 15 is 0 Å². The summed E-state index contributed by atoms with van der Waals surface area (Å²) >= 11 is 2.78. The van der Waals surface area contributed by atoms with Gasteiger partial charge in [0.2, 0.25) is 0 Å². The molecular weight excluding hydrogens is 259 g/mol. The van der Waals surface area contributed by atoms with Crippen molar-refractivity contribution >= 4 is 22.6 Å². The summed E-state index contributed by atoms with van der Waals surface area (Å²) in [6.45, 7) is 0. The fourth-order valence-electron chi connectivity index (χ4n) is 3.96.